The minimum absolute atomic E-state index is 0.713. The Morgan fingerprint density at radius 3 is 1.83 bits per heavy atom. The molecule has 0 N–H and O–H groups in total. The summed E-state index contributed by atoms with van der Waals surface area (Å²) in [7, 11) is 1.22. The Hall–Kier alpha value is -0.383. The molecule has 0 spiro atoms. The second-order valence-electron chi connectivity index (χ2n) is 2.75. The summed E-state index contributed by atoms with van der Waals surface area (Å²) in [6.45, 7) is 0. The third kappa shape index (κ3) is 1.53. The van der Waals surface area contributed by atoms with Crippen LogP contribution in [0, 0.1) is 0 Å². The first-order valence-corrected chi connectivity index (χ1v) is 6.86. The van der Waals surface area contributed by atoms with Gasteiger partial charge in [0.25, 0.3) is 0 Å². The molecule has 0 aromatic carbocycles. The Balaban J connectivity index is 2.27. The van der Waals surface area contributed by atoms with E-state index in [2.05, 4.69) is 35.0 Å². The largest absolute Gasteiger partial charge is 0.149 e. The van der Waals surface area contributed by atoms with Crippen LogP contribution in [0.3, 0.4) is 0 Å². The lowest BCUT2D eigenvalue weighted by atomic mass is 10.3. The zero-order chi connectivity index (χ0) is 8.39. The number of hydrogen-bond acceptors (Lipinski definition) is 2. The quantitative estimate of drug-likeness (QED) is 0.667. The molecule has 0 fully saturated rings. The van der Waals surface area contributed by atoms with E-state index in [0.29, 0.717) is 5.54 Å². The first-order valence-electron chi connectivity index (χ1n) is 3.95. The molecule has 0 nitrogen and oxygen atoms in total. The van der Waals surface area contributed by atoms with Gasteiger partial charge in [0.1, 0.15) is 0 Å². The van der Waals surface area contributed by atoms with Gasteiger partial charge in [0.05, 0.1) is 0 Å². The molecule has 0 atom stereocenters. The van der Waals surface area contributed by atoms with Crippen molar-refractivity contribution in [2.45, 2.75) is 5.54 Å². The highest BCUT2D eigenvalue weighted by atomic mass is 32.1. The summed E-state index contributed by atoms with van der Waals surface area (Å²) in [5.41, 5.74) is 0.713. The lowest BCUT2D eigenvalue weighted by molar-refractivity contribution is 1.24. The third-order valence-electron chi connectivity index (χ3n) is 1.94. The average Bonchev–Trinajstić information content (AvgIpc) is 2.77. The predicted molar refractivity (Wildman–Crippen MR) is 60.4 cm³/mol. The standard InChI is InChI=1S/C9H10S2Si/c12-9(7-3-1-5-10-7)8-4-2-6-11-8/h1-6,9H,12H3. The zero-order valence-corrected chi connectivity index (χ0v) is 10.5. The van der Waals surface area contributed by atoms with Crippen LogP contribution in [0.1, 0.15) is 15.3 Å². The fourth-order valence-corrected chi connectivity index (χ4v) is 4.10. The van der Waals surface area contributed by atoms with Crippen LogP contribution >= 0.6 is 22.7 Å². The van der Waals surface area contributed by atoms with E-state index in [-0.39, 0.29) is 0 Å². The van der Waals surface area contributed by atoms with Crippen molar-refractivity contribution in [3.63, 3.8) is 0 Å². The van der Waals surface area contributed by atoms with Crippen LogP contribution in [0.15, 0.2) is 35.0 Å². The molecule has 0 aliphatic rings. The molecule has 0 saturated carbocycles. The van der Waals surface area contributed by atoms with E-state index >= 15 is 0 Å². The van der Waals surface area contributed by atoms with E-state index in [9.17, 15) is 0 Å². The maximum absolute atomic E-state index is 2.24. The maximum Gasteiger partial charge on any atom is 0.0200 e. The van der Waals surface area contributed by atoms with Gasteiger partial charge in [0.2, 0.25) is 0 Å². The van der Waals surface area contributed by atoms with Gasteiger partial charge in [-0.3, -0.25) is 0 Å². The second-order valence-corrected chi connectivity index (χ2v) is 5.87. The van der Waals surface area contributed by atoms with E-state index in [4.69, 9.17) is 0 Å². The average molecular weight is 210 g/mol. The Labute approximate surface area is 83.3 Å². The normalized spacial score (nSPS) is 11.1. The summed E-state index contributed by atoms with van der Waals surface area (Å²) in [6.07, 6.45) is 0. The molecule has 0 radical (unpaired) electrons. The van der Waals surface area contributed by atoms with Crippen molar-refractivity contribution in [1.29, 1.82) is 0 Å². The Morgan fingerprint density at radius 2 is 1.50 bits per heavy atom. The first-order chi connectivity index (χ1) is 5.88. The minimum atomic E-state index is 0.713. The van der Waals surface area contributed by atoms with Crippen molar-refractivity contribution in [2.75, 3.05) is 0 Å². The van der Waals surface area contributed by atoms with Gasteiger partial charge in [0.15, 0.2) is 0 Å². The number of hydrogen-bond donors (Lipinski definition) is 0. The fraction of sp³-hybridized carbons (Fsp3) is 0.111. The highest BCUT2D eigenvalue weighted by Crippen LogP contribution is 2.28. The Morgan fingerprint density at radius 1 is 1.00 bits per heavy atom. The molecule has 0 bridgehead atoms. The van der Waals surface area contributed by atoms with Crippen molar-refractivity contribution in [2.24, 2.45) is 0 Å². The minimum Gasteiger partial charge on any atom is -0.149 e. The van der Waals surface area contributed by atoms with E-state index in [1.54, 1.807) is 0 Å². The van der Waals surface area contributed by atoms with E-state index < -0.39 is 0 Å². The summed E-state index contributed by atoms with van der Waals surface area (Å²) in [4.78, 5) is 3.04. The maximum atomic E-state index is 2.24. The molecule has 0 unspecified atom stereocenters. The van der Waals surface area contributed by atoms with Gasteiger partial charge in [-0.1, -0.05) is 12.1 Å². The fourth-order valence-electron chi connectivity index (χ4n) is 1.22. The summed E-state index contributed by atoms with van der Waals surface area (Å²) in [5.74, 6) is 0. The van der Waals surface area contributed by atoms with E-state index in [1.807, 2.05) is 22.7 Å². The van der Waals surface area contributed by atoms with Crippen LogP contribution in [0.5, 0.6) is 0 Å². The molecular weight excluding hydrogens is 200 g/mol. The Kier molecular flexibility index (Phi) is 2.44. The molecule has 0 aliphatic carbocycles. The highest BCUT2D eigenvalue weighted by molar-refractivity contribution is 7.12. The molecule has 2 aromatic rings. The molecule has 0 aliphatic heterocycles. The zero-order valence-electron chi connectivity index (χ0n) is 6.86. The second kappa shape index (κ2) is 3.56. The molecule has 62 valence electrons. The van der Waals surface area contributed by atoms with Gasteiger partial charge in [-0.05, 0) is 22.9 Å². The molecular formula is C9H10S2Si. The van der Waals surface area contributed by atoms with Gasteiger partial charge < -0.3 is 0 Å². The smallest absolute Gasteiger partial charge is 0.0200 e. The van der Waals surface area contributed by atoms with Crippen LogP contribution in [0.4, 0.5) is 0 Å². The number of thiophene rings is 2. The van der Waals surface area contributed by atoms with Crippen LogP contribution in [0.2, 0.25) is 0 Å². The summed E-state index contributed by atoms with van der Waals surface area (Å²) < 4.78 is 0. The monoisotopic (exact) mass is 210 g/mol. The summed E-state index contributed by atoms with van der Waals surface area (Å²) >= 11 is 3.74. The van der Waals surface area contributed by atoms with E-state index in [0.717, 1.165) is 0 Å². The Bertz CT molecular complexity index is 289. The van der Waals surface area contributed by atoms with Gasteiger partial charge in [-0.2, -0.15) is 0 Å². The lowest BCUT2D eigenvalue weighted by Crippen LogP contribution is -1.93. The molecule has 2 aromatic heterocycles. The summed E-state index contributed by atoms with van der Waals surface area (Å²) in [5, 5.41) is 4.32. The topological polar surface area (TPSA) is 0 Å². The summed E-state index contributed by atoms with van der Waals surface area (Å²) in [6, 6.07) is 8.75. The van der Waals surface area contributed by atoms with Crippen molar-refractivity contribution >= 4 is 32.9 Å². The van der Waals surface area contributed by atoms with E-state index in [1.165, 1.54) is 20.0 Å². The third-order valence-corrected chi connectivity index (χ3v) is 6.13. The first kappa shape index (κ1) is 8.23. The lowest BCUT2D eigenvalue weighted by Gasteiger charge is -2.04. The van der Waals surface area contributed by atoms with Crippen molar-refractivity contribution in [3.8, 4) is 0 Å². The van der Waals surface area contributed by atoms with Gasteiger partial charge in [-0.25, -0.2) is 0 Å². The molecule has 0 saturated heterocycles. The van der Waals surface area contributed by atoms with Crippen molar-refractivity contribution < 1.29 is 0 Å². The van der Waals surface area contributed by atoms with Crippen LogP contribution in [-0.4, -0.2) is 10.2 Å². The van der Waals surface area contributed by atoms with Crippen molar-refractivity contribution in [1.82, 2.24) is 0 Å². The van der Waals surface area contributed by atoms with Gasteiger partial charge in [-0.15, -0.1) is 22.7 Å². The van der Waals surface area contributed by atoms with Crippen LogP contribution < -0.4 is 0 Å². The highest BCUT2D eigenvalue weighted by Gasteiger charge is 2.08. The van der Waals surface area contributed by atoms with Gasteiger partial charge in [0, 0.05) is 25.5 Å². The van der Waals surface area contributed by atoms with Gasteiger partial charge >= 0.3 is 0 Å². The SMILES string of the molecule is [SiH3]C(c1cccs1)c1cccs1. The molecule has 0 amide bonds. The molecule has 2 heterocycles. The number of rotatable bonds is 2. The van der Waals surface area contributed by atoms with Crippen LogP contribution in [-0.2, 0) is 0 Å². The van der Waals surface area contributed by atoms with Crippen molar-refractivity contribution in [3.05, 3.63) is 44.8 Å². The molecule has 3 heteroatoms. The van der Waals surface area contributed by atoms with Crippen LogP contribution in [0.25, 0.3) is 0 Å². The molecule has 12 heavy (non-hydrogen) atoms. The predicted octanol–water partition coefficient (Wildman–Crippen LogP) is 2.26. The molecule has 2 rings (SSSR count).